The topological polar surface area (TPSA) is 57.0 Å². The molecule has 0 amide bonds. The van der Waals surface area contributed by atoms with Crippen LogP contribution in [0, 0.1) is 31.3 Å². The van der Waals surface area contributed by atoms with E-state index in [1.54, 1.807) is 13.8 Å². The molecule has 0 saturated heterocycles. The van der Waals surface area contributed by atoms with Gasteiger partial charge in [-0.3, -0.25) is 14.3 Å². The van der Waals surface area contributed by atoms with Crippen LogP contribution < -0.4 is 10.3 Å². The van der Waals surface area contributed by atoms with E-state index in [0.29, 0.717) is 17.3 Å². The van der Waals surface area contributed by atoms with Crippen LogP contribution in [0.4, 0.5) is 13.2 Å². The fourth-order valence-electron chi connectivity index (χ4n) is 2.83. The molecule has 3 heterocycles. The van der Waals surface area contributed by atoms with Crippen molar-refractivity contribution in [2.24, 2.45) is 0 Å². The lowest BCUT2D eigenvalue weighted by atomic mass is 10.2. The van der Waals surface area contributed by atoms with Crippen LogP contribution >= 0.6 is 27.5 Å². The molecule has 0 N–H and O–H groups in total. The Morgan fingerprint density at radius 3 is 2.52 bits per heavy atom. The molecule has 0 aliphatic carbocycles. The molecule has 1 atom stereocenters. The first kappa shape index (κ1) is 21.3. The first-order chi connectivity index (χ1) is 13.6. The van der Waals surface area contributed by atoms with E-state index in [2.05, 4.69) is 25.9 Å². The highest BCUT2D eigenvalue weighted by molar-refractivity contribution is 9.10. The molecule has 5 nitrogen and oxygen atoms in total. The number of rotatable bonds is 4. The number of aryl methyl sites for hydroxylation is 2. The monoisotopic (exact) mass is 487 g/mol. The third kappa shape index (κ3) is 4.02. The van der Waals surface area contributed by atoms with Crippen LogP contribution in [-0.2, 0) is 0 Å². The number of hydrogen-bond donors (Lipinski definition) is 0. The van der Waals surface area contributed by atoms with Gasteiger partial charge in [0.15, 0.2) is 16.8 Å². The summed E-state index contributed by atoms with van der Waals surface area (Å²) in [6.45, 7) is 4.68. The molecule has 0 bridgehead atoms. The highest BCUT2D eigenvalue weighted by Crippen LogP contribution is 2.30. The highest BCUT2D eigenvalue weighted by Gasteiger charge is 2.22. The maximum atomic E-state index is 14.6. The second kappa shape index (κ2) is 8.16. The molecule has 3 aromatic rings. The lowest BCUT2D eigenvalue weighted by Crippen LogP contribution is -2.24. The van der Waals surface area contributed by atoms with Crippen molar-refractivity contribution in [3.63, 3.8) is 0 Å². The minimum absolute atomic E-state index is 0.01000. The fraction of sp³-hybridized carbons (Fsp3) is 0.211. The van der Waals surface area contributed by atoms with Crippen LogP contribution in [0.15, 0.2) is 33.8 Å². The van der Waals surface area contributed by atoms with Gasteiger partial charge in [-0.25, -0.2) is 18.2 Å². The summed E-state index contributed by atoms with van der Waals surface area (Å²) in [6.07, 6.45) is 1.31. The van der Waals surface area contributed by atoms with E-state index in [0.717, 1.165) is 10.8 Å². The summed E-state index contributed by atoms with van der Waals surface area (Å²) >= 11 is 8.92. The maximum absolute atomic E-state index is 14.6. The maximum Gasteiger partial charge on any atom is 0.273 e. The molecular weight excluding hydrogens is 475 g/mol. The van der Waals surface area contributed by atoms with Crippen LogP contribution in [-0.4, -0.2) is 14.5 Å². The SMILES string of the molecule is Cc1cnc(Cl)c(F)c1-n1c(C)cc(OC(C)c2ncc(F)cc2F)c(Br)c1=O. The van der Waals surface area contributed by atoms with Crippen LogP contribution in [0.5, 0.6) is 5.75 Å². The van der Waals surface area contributed by atoms with Crippen molar-refractivity contribution in [3.05, 3.63) is 78.9 Å². The van der Waals surface area contributed by atoms with Crippen molar-refractivity contribution in [3.8, 4) is 11.4 Å². The fourth-order valence-corrected chi connectivity index (χ4v) is 3.36. The molecule has 152 valence electrons. The zero-order valence-corrected chi connectivity index (χ0v) is 17.8. The summed E-state index contributed by atoms with van der Waals surface area (Å²) in [5.41, 5.74) is -0.00759. The first-order valence-electron chi connectivity index (χ1n) is 8.32. The molecule has 3 aromatic heterocycles. The van der Waals surface area contributed by atoms with Crippen molar-refractivity contribution in [1.29, 1.82) is 0 Å². The number of ether oxygens (including phenoxy) is 1. The van der Waals surface area contributed by atoms with Gasteiger partial charge in [-0.1, -0.05) is 11.6 Å². The average molecular weight is 489 g/mol. The summed E-state index contributed by atoms with van der Waals surface area (Å²) in [6, 6.07) is 2.18. The number of hydrogen-bond acceptors (Lipinski definition) is 4. The van der Waals surface area contributed by atoms with Gasteiger partial charge in [-0.05, 0) is 42.3 Å². The van der Waals surface area contributed by atoms with Crippen molar-refractivity contribution >= 4 is 27.5 Å². The quantitative estimate of drug-likeness (QED) is 0.473. The van der Waals surface area contributed by atoms with Gasteiger partial charge in [0.25, 0.3) is 5.56 Å². The minimum Gasteiger partial charge on any atom is -0.483 e. The Balaban J connectivity index is 2.07. The lowest BCUT2D eigenvalue weighted by Gasteiger charge is -2.19. The van der Waals surface area contributed by atoms with Gasteiger partial charge in [-0.2, -0.15) is 0 Å². The Morgan fingerprint density at radius 2 is 1.86 bits per heavy atom. The zero-order chi connectivity index (χ0) is 21.5. The van der Waals surface area contributed by atoms with Gasteiger partial charge in [0, 0.05) is 24.0 Å². The summed E-state index contributed by atoms with van der Waals surface area (Å²) in [5.74, 6) is -2.42. The Bertz CT molecular complexity index is 1170. The van der Waals surface area contributed by atoms with E-state index in [-0.39, 0.29) is 26.8 Å². The summed E-state index contributed by atoms with van der Waals surface area (Å²) in [4.78, 5) is 20.3. The van der Waals surface area contributed by atoms with Crippen LogP contribution in [0.25, 0.3) is 5.69 Å². The van der Waals surface area contributed by atoms with Crippen molar-refractivity contribution < 1.29 is 17.9 Å². The number of nitrogens with zero attached hydrogens (tertiary/aromatic N) is 3. The van der Waals surface area contributed by atoms with Crippen molar-refractivity contribution in [2.45, 2.75) is 26.9 Å². The molecular formula is C19H14BrClF3N3O2. The Morgan fingerprint density at radius 1 is 1.17 bits per heavy atom. The van der Waals surface area contributed by atoms with E-state index in [4.69, 9.17) is 16.3 Å². The number of pyridine rings is 3. The average Bonchev–Trinajstić information content (AvgIpc) is 2.65. The normalized spacial score (nSPS) is 12.1. The molecule has 0 aliphatic rings. The molecule has 0 aliphatic heterocycles. The van der Waals surface area contributed by atoms with E-state index >= 15 is 0 Å². The predicted octanol–water partition coefficient (Wildman–Crippen LogP) is 5.22. The Labute approximate surface area is 177 Å². The molecule has 0 radical (unpaired) electrons. The molecule has 0 spiro atoms. The highest BCUT2D eigenvalue weighted by atomic mass is 79.9. The van der Waals surface area contributed by atoms with E-state index in [1.165, 1.54) is 19.2 Å². The first-order valence-corrected chi connectivity index (χ1v) is 9.49. The number of halogens is 5. The standard InChI is InChI=1S/C19H14BrClF3N3O2/c1-8-6-26-18(21)15(24)17(8)27-9(2)4-13(14(20)19(27)28)29-10(3)16-12(23)5-11(22)7-25-16/h4-7,10H,1-3H3. The summed E-state index contributed by atoms with van der Waals surface area (Å²) in [7, 11) is 0. The second-order valence-corrected chi connectivity index (χ2v) is 7.43. The van der Waals surface area contributed by atoms with Gasteiger partial charge in [0.05, 0.1) is 11.9 Å². The summed E-state index contributed by atoms with van der Waals surface area (Å²) < 4.78 is 48.4. The molecule has 0 aromatic carbocycles. The second-order valence-electron chi connectivity index (χ2n) is 6.28. The van der Waals surface area contributed by atoms with Crippen molar-refractivity contribution in [2.75, 3.05) is 0 Å². The van der Waals surface area contributed by atoms with Gasteiger partial charge < -0.3 is 4.74 Å². The zero-order valence-electron chi connectivity index (χ0n) is 15.4. The van der Waals surface area contributed by atoms with Gasteiger partial charge >= 0.3 is 0 Å². The molecule has 0 saturated carbocycles. The van der Waals surface area contributed by atoms with Gasteiger partial charge in [0.1, 0.15) is 27.8 Å². The van der Waals surface area contributed by atoms with Crippen LogP contribution in [0.1, 0.15) is 30.0 Å². The van der Waals surface area contributed by atoms with Gasteiger partial charge in [-0.15, -0.1) is 0 Å². The smallest absolute Gasteiger partial charge is 0.273 e. The largest absolute Gasteiger partial charge is 0.483 e. The molecule has 0 fully saturated rings. The third-order valence-corrected chi connectivity index (χ3v) is 5.18. The Hall–Kier alpha value is -2.39. The van der Waals surface area contributed by atoms with Crippen molar-refractivity contribution in [1.82, 2.24) is 14.5 Å². The van der Waals surface area contributed by atoms with Crippen LogP contribution in [0.2, 0.25) is 5.15 Å². The van der Waals surface area contributed by atoms with E-state index < -0.39 is 29.1 Å². The van der Waals surface area contributed by atoms with Gasteiger partial charge in [0.2, 0.25) is 0 Å². The summed E-state index contributed by atoms with van der Waals surface area (Å²) in [5, 5.41) is -0.361. The van der Waals surface area contributed by atoms with Crippen LogP contribution in [0.3, 0.4) is 0 Å². The minimum atomic E-state index is -0.921. The van der Waals surface area contributed by atoms with E-state index in [1.807, 2.05) is 0 Å². The lowest BCUT2D eigenvalue weighted by molar-refractivity contribution is 0.213. The third-order valence-electron chi connectivity index (χ3n) is 4.18. The molecule has 10 heteroatoms. The Kier molecular flexibility index (Phi) is 6.00. The molecule has 29 heavy (non-hydrogen) atoms. The van der Waals surface area contributed by atoms with E-state index in [9.17, 15) is 18.0 Å². The predicted molar refractivity (Wildman–Crippen MR) is 105 cm³/mol. The molecule has 3 rings (SSSR count). The molecule has 1 unspecified atom stereocenters. The number of aromatic nitrogens is 3.